The summed E-state index contributed by atoms with van der Waals surface area (Å²) in [7, 11) is -2.53. The van der Waals surface area contributed by atoms with E-state index in [2.05, 4.69) is 10.0 Å². The van der Waals surface area contributed by atoms with Gasteiger partial charge in [0.15, 0.2) is 0 Å². The average Bonchev–Trinajstić information content (AvgIpc) is 3.05. The van der Waals surface area contributed by atoms with Gasteiger partial charge in [0.1, 0.15) is 16.2 Å². The molecule has 0 unspecified atom stereocenters. The molecule has 0 aromatic heterocycles. The Morgan fingerprint density at radius 2 is 1.85 bits per heavy atom. The SMILES string of the molecule is COc1ccc(C(=O)NC(C)(C)C(=O)O)cc1S(=O)(=O)NC1CCCC1. The molecule has 8 nitrogen and oxygen atoms in total. The summed E-state index contributed by atoms with van der Waals surface area (Å²) in [5.41, 5.74) is -1.45. The van der Waals surface area contributed by atoms with Crippen molar-refractivity contribution in [1.29, 1.82) is 0 Å². The summed E-state index contributed by atoms with van der Waals surface area (Å²) in [6.07, 6.45) is 3.48. The maximum atomic E-state index is 12.7. The molecule has 2 rings (SSSR count). The minimum Gasteiger partial charge on any atom is -0.495 e. The third-order valence-electron chi connectivity index (χ3n) is 4.35. The van der Waals surface area contributed by atoms with Crippen molar-refractivity contribution in [3.8, 4) is 5.75 Å². The fourth-order valence-corrected chi connectivity index (χ4v) is 4.26. The Balaban J connectivity index is 2.33. The molecule has 0 atom stereocenters. The van der Waals surface area contributed by atoms with Gasteiger partial charge in [-0.1, -0.05) is 12.8 Å². The quantitative estimate of drug-likeness (QED) is 0.655. The fraction of sp³-hybridized carbons (Fsp3) is 0.529. The van der Waals surface area contributed by atoms with Crippen LogP contribution >= 0.6 is 0 Å². The number of carbonyl (C=O) groups excluding carboxylic acids is 1. The number of hydrogen-bond donors (Lipinski definition) is 3. The van der Waals surface area contributed by atoms with Gasteiger partial charge in [-0.15, -0.1) is 0 Å². The maximum absolute atomic E-state index is 12.7. The summed E-state index contributed by atoms with van der Waals surface area (Å²) >= 11 is 0. The van der Waals surface area contributed by atoms with Crippen molar-refractivity contribution in [3.05, 3.63) is 23.8 Å². The van der Waals surface area contributed by atoms with E-state index in [-0.39, 0.29) is 22.3 Å². The van der Waals surface area contributed by atoms with E-state index in [0.717, 1.165) is 25.7 Å². The Kier molecular flexibility index (Phi) is 5.92. The summed E-state index contributed by atoms with van der Waals surface area (Å²) in [5.74, 6) is -1.77. The van der Waals surface area contributed by atoms with E-state index in [0.29, 0.717) is 0 Å². The molecule has 9 heteroatoms. The first-order valence-electron chi connectivity index (χ1n) is 8.33. The van der Waals surface area contributed by atoms with E-state index in [1.54, 1.807) is 0 Å². The van der Waals surface area contributed by atoms with Crippen LogP contribution in [0.25, 0.3) is 0 Å². The molecule has 144 valence electrons. The topological polar surface area (TPSA) is 122 Å². The van der Waals surface area contributed by atoms with E-state index in [9.17, 15) is 18.0 Å². The number of carbonyl (C=O) groups is 2. The summed E-state index contributed by atoms with van der Waals surface area (Å²) in [4.78, 5) is 23.4. The number of ether oxygens (including phenoxy) is 1. The third kappa shape index (κ3) is 4.53. The van der Waals surface area contributed by atoms with Crippen molar-refractivity contribution in [2.75, 3.05) is 7.11 Å². The monoisotopic (exact) mass is 384 g/mol. The van der Waals surface area contributed by atoms with E-state index >= 15 is 0 Å². The van der Waals surface area contributed by atoms with Gasteiger partial charge in [0.2, 0.25) is 10.0 Å². The summed E-state index contributed by atoms with van der Waals surface area (Å²) < 4.78 is 33.2. The number of hydrogen-bond acceptors (Lipinski definition) is 5. The lowest BCUT2D eigenvalue weighted by atomic mass is 10.1. The Morgan fingerprint density at radius 1 is 1.23 bits per heavy atom. The van der Waals surface area contributed by atoms with Crippen molar-refractivity contribution in [3.63, 3.8) is 0 Å². The summed E-state index contributed by atoms with van der Waals surface area (Å²) in [5, 5.41) is 11.5. The third-order valence-corrected chi connectivity index (χ3v) is 5.89. The van der Waals surface area contributed by atoms with Gasteiger partial charge in [0.05, 0.1) is 7.11 Å². The van der Waals surface area contributed by atoms with Gasteiger partial charge >= 0.3 is 5.97 Å². The van der Waals surface area contributed by atoms with Crippen LogP contribution in [0.2, 0.25) is 0 Å². The van der Waals surface area contributed by atoms with Crippen molar-refractivity contribution >= 4 is 21.9 Å². The number of methoxy groups -OCH3 is 1. The largest absolute Gasteiger partial charge is 0.495 e. The minimum absolute atomic E-state index is 0.0342. The summed E-state index contributed by atoms with van der Waals surface area (Å²) in [6.45, 7) is 2.69. The molecule has 0 heterocycles. The minimum atomic E-state index is -3.87. The van der Waals surface area contributed by atoms with E-state index < -0.39 is 27.4 Å². The number of aliphatic carboxylic acids is 1. The van der Waals surface area contributed by atoms with Crippen LogP contribution in [0.3, 0.4) is 0 Å². The van der Waals surface area contributed by atoms with Crippen LogP contribution < -0.4 is 14.8 Å². The lowest BCUT2D eigenvalue weighted by Gasteiger charge is -2.21. The predicted octanol–water partition coefficient (Wildman–Crippen LogP) is 1.51. The smallest absolute Gasteiger partial charge is 0.328 e. The van der Waals surface area contributed by atoms with Crippen LogP contribution in [0.5, 0.6) is 5.75 Å². The van der Waals surface area contributed by atoms with Crippen molar-refractivity contribution in [2.24, 2.45) is 0 Å². The van der Waals surface area contributed by atoms with Crippen LogP contribution in [-0.2, 0) is 14.8 Å². The van der Waals surface area contributed by atoms with Crippen molar-refractivity contribution in [1.82, 2.24) is 10.0 Å². The zero-order chi connectivity index (χ0) is 19.5. The van der Waals surface area contributed by atoms with Crippen LogP contribution in [0, 0.1) is 0 Å². The molecule has 26 heavy (non-hydrogen) atoms. The molecule has 1 fully saturated rings. The molecule has 0 radical (unpaired) electrons. The molecule has 1 aromatic carbocycles. The molecule has 1 aliphatic carbocycles. The predicted molar refractivity (Wildman–Crippen MR) is 94.8 cm³/mol. The highest BCUT2D eigenvalue weighted by Gasteiger charge is 2.31. The van der Waals surface area contributed by atoms with Gasteiger partial charge in [-0.25, -0.2) is 17.9 Å². The number of sulfonamides is 1. The second kappa shape index (κ2) is 7.63. The number of amides is 1. The second-order valence-corrected chi connectivity index (χ2v) is 8.53. The van der Waals surface area contributed by atoms with Crippen molar-refractivity contribution < 1.29 is 27.9 Å². The molecular weight excluding hydrogens is 360 g/mol. The first kappa shape index (κ1) is 20.2. The lowest BCUT2D eigenvalue weighted by Crippen LogP contribution is -2.49. The van der Waals surface area contributed by atoms with Gasteiger partial charge in [-0.2, -0.15) is 0 Å². The van der Waals surface area contributed by atoms with Gasteiger partial charge in [0, 0.05) is 11.6 Å². The van der Waals surface area contributed by atoms with Gasteiger partial charge in [0.25, 0.3) is 5.91 Å². The van der Waals surface area contributed by atoms with Crippen LogP contribution in [0.15, 0.2) is 23.1 Å². The zero-order valence-corrected chi connectivity index (χ0v) is 15.9. The zero-order valence-electron chi connectivity index (χ0n) is 15.0. The molecule has 0 bridgehead atoms. The first-order chi connectivity index (χ1) is 12.1. The number of rotatable bonds is 7. The normalized spacial score (nSPS) is 15.7. The summed E-state index contributed by atoms with van der Waals surface area (Å²) in [6, 6.07) is 3.84. The molecule has 3 N–H and O–H groups in total. The molecule has 0 saturated heterocycles. The Bertz CT molecular complexity index is 797. The van der Waals surface area contributed by atoms with Gasteiger partial charge in [-0.3, -0.25) is 4.79 Å². The van der Waals surface area contributed by atoms with Crippen molar-refractivity contribution in [2.45, 2.75) is 56.0 Å². The standard InChI is InChI=1S/C17H24N2O6S/c1-17(2,16(21)22)18-15(20)11-8-9-13(25-3)14(10-11)26(23,24)19-12-6-4-5-7-12/h8-10,12,19H,4-7H2,1-3H3,(H,18,20)(H,21,22). The molecule has 1 aromatic rings. The molecule has 0 spiro atoms. The number of benzene rings is 1. The molecule has 0 aliphatic heterocycles. The number of carboxylic acids is 1. The van der Waals surface area contributed by atoms with Gasteiger partial charge < -0.3 is 15.2 Å². The Labute approximate surface area is 153 Å². The molecule has 1 amide bonds. The second-order valence-electron chi connectivity index (χ2n) is 6.85. The highest BCUT2D eigenvalue weighted by Crippen LogP contribution is 2.27. The first-order valence-corrected chi connectivity index (χ1v) is 9.81. The highest BCUT2D eigenvalue weighted by atomic mass is 32.2. The Morgan fingerprint density at radius 3 is 2.38 bits per heavy atom. The Hall–Kier alpha value is -2.13. The van der Waals surface area contributed by atoms with Crippen LogP contribution in [-0.4, -0.2) is 44.1 Å². The molecule has 1 saturated carbocycles. The number of carboxylic acid groups (broad SMARTS) is 1. The van der Waals surface area contributed by atoms with Gasteiger partial charge in [-0.05, 0) is 44.9 Å². The molecule has 1 aliphatic rings. The van der Waals surface area contributed by atoms with Crippen LogP contribution in [0.4, 0.5) is 0 Å². The van der Waals surface area contributed by atoms with Crippen LogP contribution in [0.1, 0.15) is 49.9 Å². The van der Waals surface area contributed by atoms with E-state index in [1.807, 2.05) is 0 Å². The number of nitrogens with one attached hydrogen (secondary N) is 2. The van der Waals surface area contributed by atoms with E-state index in [4.69, 9.17) is 9.84 Å². The maximum Gasteiger partial charge on any atom is 0.328 e. The highest BCUT2D eigenvalue weighted by molar-refractivity contribution is 7.89. The molecular formula is C17H24N2O6S. The fourth-order valence-electron chi connectivity index (χ4n) is 2.76. The lowest BCUT2D eigenvalue weighted by molar-refractivity contribution is -0.143. The van der Waals surface area contributed by atoms with E-state index in [1.165, 1.54) is 39.2 Å². The average molecular weight is 384 g/mol.